The number of anilines is 1. The monoisotopic (exact) mass is 576 g/mol. The van der Waals surface area contributed by atoms with Gasteiger partial charge in [-0.05, 0) is 54.1 Å². The number of aromatic carboxylic acids is 1. The van der Waals surface area contributed by atoms with Gasteiger partial charge in [0.25, 0.3) is 0 Å². The number of carbonyl (C=O) groups excluding carboxylic acids is 1. The van der Waals surface area contributed by atoms with Crippen LogP contribution in [0.5, 0.6) is 0 Å². The number of nitrogens with zero attached hydrogens (tertiary/aromatic N) is 3. The van der Waals surface area contributed by atoms with Gasteiger partial charge in [0.1, 0.15) is 5.69 Å². The van der Waals surface area contributed by atoms with E-state index in [1.807, 2.05) is 12.1 Å². The zero-order valence-electron chi connectivity index (χ0n) is 21.1. The van der Waals surface area contributed by atoms with E-state index in [2.05, 4.69) is 15.4 Å². The summed E-state index contributed by atoms with van der Waals surface area (Å²) in [5.41, 5.74) is 0.464. The maximum Gasteiger partial charge on any atom is 0.435 e. The van der Waals surface area contributed by atoms with Gasteiger partial charge in [-0.2, -0.15) is 18.3 Å². The van der Waals surface area contributed by atoms with Crippen LogP contribution in [0.3, 0.4) is 0 Å². The molecule has 11 heteroatoms. The second-order valence-electron chi connectivity index (χ2n) is 8.97. The molecule has 206 valence electrons. The molecule has 2 heterocycles. The molecule has 3 aromatic carbocycles. The Balaban J connectivity index is 1.44. The summed E-state index contributed by atoms with van der Waals surface area (Å²) in [6.45, 7) is 0.504. The van der Waals surface area contributed by atoms with Gasteiger partial charge in [-0.1, -0.05) is 54.1 Å². The van der Waals surface area contributed by atoms with Crippen molar-refractivity contribution < 1.29 is 27.9 Å². The van der Waals surface area contributed by atoms with Crippen LogP contribution in [0.4, 0.5) is 18.9 Å². The van der Waals surface area contributed by atoms with Gasteiger partial charge in [-0.25, -0.2) is 9.48 Å². The number of aromatic nitrogens is 3. The van der Waals surface area contributed by atoms with Crippen LogP contribution >= 0.6 is 11.6 Å². The lowest BCUT2D eigenvalue weighted by molar-refractivity contribution is -0.141. The van der Waals surface area contributed by atoms with Gasteiger partial charge >= 0.3 is 12.1 Å². The third-order valence-electron chi connectivity index (χ3n) is 6.19. The molecule has 2 N–H and O–H groups in total. The van der Waals surface area contributed by atoms with Crippen molar-refractivity contribution in [3.8, 4) is 16.9 Å². The number of halogens is 4. The average Bonchev–Trinajstić information content (AvgIpc) is 3.43. The predicted molar refractivity (Wildman–Crippen MR) is 147 cm³/mol. The van der Waals surface area contributed by atoms with Crippen molar-refractivity contribution in [1.29, 1.82) is 0 Å². The number of benzene rings is 3. The highest BCUT2D eigenvalue weighted by atomic mass is 35.5. The van der Waals surface area contributed by atoms with Gasteiger partial charge in [0.2, 0.25) is 5.78 Å². The topological polar surface area (TPSA) is 97.1 Å². The Morgan fingerprint density at radius 1 is 0.927 bits per heavy atom. The molecule has 0 aliphatic heterocycles. The molecule has 0 saturated carbocycles. The fourth-order valence-corrected chi connectivity index (χ4v) is 4.26. The first-order valence-corrected chi connectivity index (χ1v) is 12.6. The number of hydrogen-bond donors (Lipinski definition) is 2. The normalized spacial score (nSPS) is 11.3. The first-order chi connectivity index (χ1) is 19.6. The smallest absolute Gasteiger partial charge is 0.435 e. The number of carboxylic acids is 1. The maximum atomic E-state index is 13.6. The van der Waals surface area contributed by atoms with Gasteiger partial charge in [-0.3, -0.25) is 9.78 Å². The van der Waals surface area contributed by atoms with Crippen molar-refractivity contribution in [3.05, 3.63) is 130 Å². The van der Waals surface area contributed by atoms with Crippen molar-refractivity contribution >= 4 is 29.0 Å². The van der Waals surface area contributed by atoms with Crippen molar-refractivity contribution in [1.82, 2.24) is 14.8 Å². The highest BCUT2D eigenvalue weighted by Gasteiger charge is 2.36. The lowest BCUT2D eigenvalue weighted by Gasteiger charge is -2.12. The van der Waals surface area contributed by atoms with Crippen molar-refractivity contribution in [3.63, 3.8) is 0 Å². The number of pyridine rings is 1. The van der Waals surface area contributed by atoms with Crippen LogP contribution in [-0.2, 0) is 12.7 Å². The molecular weight excluding hydrogens is 557 g/mol. The summed E-state index contributed by atoms with van der Waals surface area (Å²) in [4.78, 5) is 29.6. The number of hydrogen-bond acceptors (Lipinski definition) is 5. The minimum absolute atomic E-state index is 0.00462. The van der Waals surface area contributed by atoms with Gasteiger partial charge in [0.05, 0.1) is 28.8 Å². The number of rotatable bonds is 8. The zero-order chi connectivity index (χ0) is 29.1. The second-order valence-corrected chi connectivity index (χ2v) is 9.41. The molecule has 2 aromatic heterocycles. The van der Waals surface area contributed by atoms with Gasteiger partial charge in [0.15, 0.2) is 5.69 Å². The predicted octanol–water partition coefficient (Wildman–Crippen LogP) is 7.15. The summed E-state index contributed by atoms with van der Waals surface area (Å²) in [5.74, 6) is -1.99. The molecule has 41 heavy (non-hydrogen) atoms. The molecule has 0 atom stereocenters. The van der Waals surface area contributed by atoms with Crippen molar-refractivity contribution in [2.45, 2.75) is 12.7 Å². The maximum absolute atomic E-state index is 13.6. The van der Waals surface area contributed by atoms with E-state index in [0.717, 1.165) is 22.4 Å². The van der Waals surface area contributed by atoms with Crippen LogP contribution in [0.25, 0.3) is 16.9 Å². The Morgan fingerprint density at radius 2 is 1.66 bits per heavy atom. The molecule has 0 saturated heterocycles. The summed E-state index contributed by atoms with van der Waals surface area (Å²) >= 11 is 5.90. The van der Waals surface area contributed by atoms with E-state index in [1.165, 1.54) is 24.4 Å². The number of ketones is 1. The molecule has 0 spiro atoms. The second kappa shape index (κ2) is 11.3. The standard InChI is InChI=1S/C30H20ClF3N4O3/c31-21-9-6-18(7-10-21)16-35-22-11-12-24(36-17-22)28(39)20-8-13-25(23(14-20)29(40)41)38-26(19-4-2-1-3-5-19)15-27(37-38)30(32,33)34/h1-15,17,35H,16H2,(H,40,41). The van der Waals surface area contributed by atoms with E-state index in [0.29, 0.717) is 22.8 Å². The minimum atomic E-state index is -4.75. The number of alkyl halides is 3. The summed E-state index contributed by atoms with van der Waals surface area (Å²) in [7, 11) is 0. The number of nitrogens with one attached hydrogen (secondary N) is 1. The lowest BCUT2D eigenvalue weighted by Crippen LogP contribution is -2.12. The molecule has 5 aromatic rings. The quantitative estimate of drug-likeness (QED) is 0.190. The molecular formula is C30H20ClF3N4O3. The van der Waals surface area contributed by atoms with Gasteiger partial charge < -0.3 is 10.4 Å². The molecule has 0 aliphatic rings. The van der Waals surface area contributed by atoms with E-state index < -0.39 is 29.2 Å². The number of carbonyl (C=O) groups is 2. The molecule has 0 fully saturated rings. The van der Waals surface area contributed by atoms with E-state index in [-0.39, 0.29) is 22.6 Å². The van der Waals surface area contributed by atoms with Gasteiger partial charge in [0, 0.05) is 22.7 Å². The van der Waals surface area contributed by atoms with Crippen molar-refractivity contribution in [2.75, 3.05) is 5.32 Å². The van der Waals surface area contributed by atoms with Crippen LogP contribution in [0.1, 0.15) is 37.7 Å². The fraction of sp³-hybridized carbons (Fsp3) is 0.0667. The van der Waals surface area contributed by atoms with E-state index in [9.17, 15) is 27.9 Å². The van der Waals surface area contributed by atoms with E-state index >= 15 is 0 Å². The first-order valence-electron chi connectivity index (χ1n) is 12.2. The Bertz CT molecular complexity index is 1720. The molecule has 5 rings (SSSR count). The highest BCUT2D eigenvalue weighted by molar-refractivity contribution is 6.30. The third kappa shape index (κ3) is 6.12. The van der Waals surface area contributed by atoms with Crippen LogP contribution < -0.4 is 5.32 Å². The highest BCUT2D eigenvalue weighted by Crippen LogP contribution is 2.34. The summed E-state index contributed by atoms with van der Waals surface area (Å²) < 4.78 is 41.6. The van der Waals surface area contributed by atoms with Crippen molar-refractivity contribution in [2.24, 2.45) is 0 Å². The third-order valence-corrected chi connectivity index (χ3v) is 6.44. The Morgan fingerprint density at radius 3 is 2.29 bits per heavy atom. The van der Waals surface area contributed by atoms with Crippen LogP contribution in [0.15, 0.2) is 97.2 Å². The zero-order valence-corrected chi connectivity index (χ0v) is 21.8. The Kier molecular flexibility index (Phi) is 7.58. The van der Waals surface area contributed by atoms with E-state index in [1.54, 1.807) is 48.5 Å². The largest absolute Gasteiger partial charge is 0.478 e. The Hall–Kier alpha value is -4.96. The van der Waals surface area contributed by atoms with E-state index in [4.69, 9.17) is 11.6 Å². The van der Waals surface area contributed by atoms with Crippen LogP contribution in [0.2, 0.25) is 5.02 Å². The molecule has 0 amide bonds. The molecule has 7 nitrogen and oxygen atoms in total. The molecule has 0 bridgehead atoms. The minimum Gasteiger partial charge on any atom is -0.478 e. The average molecular weight is 577 g/mol. The summed E-state index contributed by atoms with van der Waals surface area (Å²) in [6.07, 6.45) is -3.28. The SMILES string of the molecule is O=C(c1ccc(-n2nc(C(F)(F)F)cc2-c2ccccc2)c(C(=O)O)c1)c1ccc(NCc2ccc(Cl)cc2)cn1. The van der Waals surface area contributed by atoms with Gasteiger partial charge in [-0.15, -0.1) is 0 Å². The van der Waals surface area contributed by atoms with Crippen LogP contribution in [0, 0.1) is 0 Å². The molecule has 0 unspecified atom stereocenters. The van der Waals surface area contributed by atoms with Crippen LogP contribution in [-0.4, -0.2) is 31.6 Å². The Labute approximate surface area is 236 Å². The number of carboxylic acid groups (broad SMARTS) is 1. The first kappa shape index (κ1) is 27.6. The molecule has 0 radical (unpaired) electrons. The lowest BCUT2D eigenvalue weighted by atomic mass is 10.0. The molecule has 0 aliphatic carbocycles. The summed E-state index contributed by atoms with van der Waals surface area (Å²) in [5, 5.41) is 17.4. The summed E-state index contributed by atoms with van der Waals surface area (Å²) in [6, 6.07) is 23.2. The fourth-order valence-electron chi connectivity index (χ4n) is 4.14.